The van der Waals surface area contributed by atoms with Crippen molar-refractivity contribution in [3.8, 4) is 39.5 Å². The summed E-state index contributed by atoms with van der Waals surface area (Å²) >= 11 is 0. The van der Waals surface area contributed by atoms with E-state index in [4.69, 9.17) is 13.6 Å². The summed E-state index contributed by atoms with van der Waals surface area (Å²) in [5, 5.41) is 0. The number of rotatable bonds is 10. The Labute approximate surface area is 230 Å². The molecule has 4 nitrogen and oxygen atoms in total. The Balaban J connectivity index is 1.43. The number of phosphoric ester groups is 1. The molecule has 0 fully saturated rings. The van der Waals surface area contributed by atoms with Crippen molar-refractivity contribution < 1.29 is 18.1 Å². The molecular weight excluding hydrogens is 503 g/mol. The quantitative estimate of drug-likeness (QED) is 0.167. The van der Waals surface area contributed by atoms with Gasteiger partial charge >= 0.3 is 7.82 Å². The van der Waals surface area contributed by atoms with E-state index in [1.807, 2.05) is 103 Å². The van der Waals surface area contributed by atoms with E-state index in [0.29, 0.717) is 23.2 Å². The smallest absolute Gasteiger partial charge is 0.386 e. The van der Waals surface area contributed by atoms with E-state index < -0.39 is 7.82 Å². The number of phosphoric acid groups is 1. The van der Waals surface area contributed by atoms with Gasteiger partial charge in [-0.15, -0.1) is 0 Å². The summed E-state index contributed by atoms with van der Waals surface area (Å²) < 4.78 is 32.3. The van der Waals surface area contributed by atoms with Gasteiger partial charge < -0.3 is 13.6 Å². The molecule has 0 atom stereocenters. The Morgan fingerprint density at radius 1 is 0.513 bits per heavy atom. The van der Waals surface area contributed by atoms with E-state index in [1.165, 1.54) is 0 Å². The lowest BCUT2D eigenvalue weighted by Gasteiger charge is -2.21. The third-order valence-electron chi connectivity index (χ3n) is 6.17. The molecule has 0 bridgehead atoms. The van der Waals surface area contributed by atoms with E-state index in [0.717, 1.165) is 34.2 Å². The minimum Gasteiger partial charge on any atom is -0.386 e. The maximum atomic E-state index is 14.2. The van der Waals surface area contributed by atoms with Crippen molar-refractivity contribution >= 4 is 7.82 Å². The van der Waals surface area contributed by atoms with Gasteiger partial charge in [-0.05, 0) is 70.5 Å². The zero-order valence-corrected chi connectivity index (χ0v) is 23.0. The summed E-state index contributed by atoms with van der Waals surface area (Å²) in [5.41, 5.74) is 5.16. The van der Waals surface area contributed by atoms with E-state index >= 15 is 0 Å². The van der Waals surface area contributed by atoms with E-state index in [2.05, 4.69) is 13.8 Å². The average molecular weight is 535 g/mol. The predicted molar refractivity (Wildman–Crippen MR) is 158 cm³/mol. The highest BCUT2D eigenvalue weighted by Gasteiger charge is 2.34. The first kappa shape index (κ1) is 26.3. The zero-order valence-electron chi connectivity index (χ0n) is 22.1. The fourth-order valence-corrected chi connectivity index (χ4v) is 5.60. The van der Waals surface area contributed by atoms with Crippen molar-refractivity contribution in [3.63, 3.8) is 0 Å². The second kappa shape index (κ2) is 12.1. The first-order chi connectivity index (χ1) is 19.0. The third-order valence-corrected chi connectivity index (χ3v) is 7.46. The molecule has 5 heteroatoms. The largest absolute Gasteiger partial charge is 0.647 e. The van der Waals surface area contributed by atoms with Crippen molar-refractivity contribution in [1.82, 2.24) is 0 Å². The molecule has 0 saturated carbocycles. The van der Waals surface area contributed by atoms with Crippen LogP contribution < -0.4 is 13.6 Å². The maximum Gasteiger partial charge on any atom is 0.647 e. The summed E-state index contributed by atoms with van der Waals surface area (Å²) in [5.74, 6) is 1.66. The van der Waals surface area contributed by atoms with Crippen molar-refractivity contribution in [1.29, 1.82) is 0 Å². The van der Waals surface area contributed by atoms with Crippen LogP contribution in [0.2, 0.25) is 0 Å². The molecule has 0 aromatic heterocycles. The number of para-hydroxylation sites is 1. The molecule has 5 rings (SSSR count). The summed E-state index contributed by atoms with van der Waals surface area (Å²) in [6, 6.07) is 42.5. The topological polar surface area (TPSA) is 44.8 Å². The van der Waals surface area contributed by atoms with E-state index in [1.54, 1.807) is 30.3 Å². The van der Waals surface area contributed by atoms with Gasteiger partial charge in [0.15, 0.2) is 0 Å². The monoisotopic (exact) mass is 534 g/mol. The molecule has 0 amide bonds. The van der Waals surface area contributed by atoms with Crippen LogP contribution in [0, 0.1) is 5.92 Å². The Kier molecular flexibility index (Phi) is 8.15. The lowest BCUT2D eigenvalue weighted by molar-refractivity contribution is 0.297. The van der Waals surface area contributed by atoms with Crippen LogP contribution in [-0.4, -0.2) is 0 Å². The summed E-state index contributed by atoms with van der Waals surface area (Å²) in [6.07, 6.45) is 0.772. The molecule has 0 aliphatic carbocycles. The molecule has 5 aromatic rings. The second-order valence-electron chi connectivity index (χ2n) is 9.71. The van der Waals surface area contributed by atoms with Crippen LogP contribution in [0.5, 0.6) is 17.2 Å². The Hall–Kier alpha value is -4.27. The van der Waals surface area contributed by atoms with Gasteiger partial charge in [0, 0.05) is 0 Å². The SMILES string of the molecule is CC(C)Cc1ccccc1OP(=O)(Oc1ccc(-c2ccccc2)cc1)Oc1ccc(-c2ccccc2)cc1. The number of hydrogen-bond donors (Lipinski definition) is 0. The van der Waals surface area contributed by atoms with Gasteiger partial charge in [-0.2, -0.15) is 4.57 Å². The van der Waals surface area contributed by atoms with Gasteiger partial charge in [0.1, 0.15) is 17.2 Å². The summed E-state index contributed by atoms with van der Waals surface area (Å²) in [6.45, 7) is 4.26. The molecule has 39 heavy (non-hydrogen) atoms. The molecule has 0 aliphatic rings. The first-order valence-corrected chi connectivity index (χ1v) is 14.5. The molecule has 0 radical (unpaired) electrons. The molecule has 0 aliphatic heterocycles. The van der Waals surface area contributed by atoms with Crippen molar-refractivity contribution in [3.05, 3.63) is 139 Å². The van der Waals surface area contributed by atoms with Crippen LogP contribution in [0.4, 0.5) is 0 Å². The summed E-state index contributed by atoms with van der Waals surface area (Å²) in [7, 11) is -4.13. The minimum atomic E-state index is -4.13. The first-order valence-electron chi connectivity index (χ1n) is 13.1. The van der Waals surface area contributed by atoms with Crippen LogP contribution in [0.25, 0.3) is 22.3 Å². The lowest BCUT2D eigenvalue weighted by Crippen LogP contribution is -2.09. The highest BCUT2D eigenvalue weighted by atomic mass is 31.2. The molecule has 0 saturated heterocycles. The fourth-order valence-electron chi connectivity index (χ4n) is 4.31. The molecule has 0 unspecified atom stereocenters. The normalized spacial score (nSPS) is 11.3. The zero-order chi connectivity index (χ0) is 27.1. The third kappa shape index (κ3) is 6.98. The van der Waals surface area contributed by atoms with Crippen LogP contribution in [-0.2, 0) is 11.0 Å². The maximum absolute atomic E-state index is 14.2. The van der Waals surface area contributed by atoms with Crippen molar-refractivity contribution in [2.45, 2.75) is 20.3 Å². The molecule has 0 spiro atoms. The van der Waals surface area contributed by atoms with Gasteiger partial charge in [0.25, 0.3) is 0 Å². The Morgan fingerprint density at radius 3 is 1.38 bits per heavy atom. The van der Waals surface area contributed by atoms with Crippen LogP contribution in [0.15, 0.2) is 133 Å². The van der Waals surface area contributed by atoms with Crippen LogP contribution in [0.1, 0.15) is 19.4 Å². The Bertz CT molecular complexity index is 1440. The van der Waals surface area contributed by atoms with E-state index in [-0.39, 0.29) is 0 Å². The van der Waals surface area contributed by atoms with Crippen LogP contribution in [0.3, 0.4) is 0 Å². The second-order valence-corrected chi connectivity index (χ2v) is 11.1. The Morgan fingerprint density at radius 2 is 0.923 bits per heavy atom. The van der Waals surface area contributed by atoms with Crippen molar-refractivity contribution in [2.75, 3.05) is 0 Å². The lowest BCUT2D eigenvalue weighted by atomic mass is 10.0. The summed E-state index contributed by atoms with van der Waals surface area (Å²) in [4.78, 5) is 0. The van der Waals surface area contributed by atoms with E-state index in [9.17, 15) is 4.57 Å². The minimum absolute atomic E-state index is 0.389. The molecule has 196 valence electrons. The average Bonchev–Trinajstić information content (AvgIpc) is 2.95. The van der Waals surface area contributed by atoms with Gasteiger partial charge in [-0.3, -0.25) is 0 Å². The van der Waals surface area contributed by atoms with Gasteiger partial charge in [-0.1, -0.05) is 117 Å². The molecular formula is C34H31O4P. The molecule has 5 aromatic carbocycles. The van der Waals surface area contributed by atoms with Gasteiger partial charge in [0.2, 0.25) is 0 Å². The van der Waals surface area contributed by atoms with Crippen molar-refractivity contribution in [2.24, 2.45) is 5.92 Å². The standard InChI is InChI=1S/C34H31O4P/c1-26(2)25-31-15-9-10-16-34(31)38-39(35,36-32-21-17-29(18-22-32)27-11-5-3-6-12-27)37-33-23-19-30(20-24-33)28-13-7-4-8-14-28/h3-24,26H,25H2,1-2H3. The van der Waals surface area contributed by atoms with Gasteiger partial charge in [-0.25, -0.2) is 0 Å². The predicted octanol–water partition coefficient (Wildman–Crippen LogP) is 9.86. The van der Waals surface area contributed by atoms with Gasteiger partial charge in [0.05, 0.1) is 0 Å². The number of benzene rings is 5. The fraction of sp³-hybridized carbons (Fsp3) is 0.118. The number of hydrogen-bond acceptors (Lipinski definition) is 4. The molecule has 0 N–H and O–H groups in total. The highest BCUT2D eigenvalue weighted by molar-refractivity contribution is 7.49. The highest BCUT2D eigenvalue weighted by Crippen LogP contribution is 2.51. The van der Waals surface area contributed by atoms with Crippen LogP contribution >= 0.6 is 7.82 Å². The molecule has 0 heterocycles.